The molecular formula is C48H58Cl2Ti. The van der Waals surface area contributed by atoms with E-state index in [1.807, 2.05) is 0 Å². The molecule has 0 aromatic heterocycles. The van der Waals surface area contributed by atoms with E-state index >= 15 is 0 Å². The van der Waals surface area contributed by atoms with Gasteiger partial charge >= 0.3 is 303 Å². The van der Waals surface area contributed by atoms with Crippen molar-refractivity contribution in [1.29, 1.82) is 0 Å². The Hall–Kier alpha value is -2.35. The zero-order chi connectivity index (χ0) is 34.9. The fourth-order valence-electron chi connectivity index (χ4n) is 9.27. The smallest absolute Gasteiger partial charge is 1.00 e. The molecule has 2 aliphatic carbocycles. The van der Waals surface area contributed by atoms with Crippen molar-refractivity contribution in [2.45, 2.75) is 111 Å². The summed E-state index contributed by atoms with van der Waals surface area (Å²) in [4.78, 5) is 0. The number of hydrogen-bond acceptors (Lipinski definition) is 0. The Balaban J connectivity index is 0.00000252. The first kappa shape index (κ1) is 39.9. The summed E-state index contributed by atoms with van der Waals surface area (Å²) in [5.74, 6) is 1.31. The second-order valence-electron chi connectivity index (χ2n) is 18.5. The van der Waals surface area contributed by atoms with Crippen LogP contribution in [-0.4, -0.2) is 0 Å². The van der Waals surface area contributed by atoms with Crippen LogP contribution < -0.4 is 24.8 Å². The second-order valence-corrected chi connectivity index (χ2v) is 25.7. The topological polar surface area (TPSA) is 0 Å². The largest absolute Gasteiger partial charge is 1.00 e. The van der Waals surface area contributed by atoms with Gasteiger partial charge in [0.15, 0.2) is 0 Å². The van der Waals surface area contributed by atoms with Crippen molar-refractivity contribution >= 4 is 12.2 Å². The molecule has 3 aliphatic rings. The average Bonchev–Trinajstić information content (AvgIpc) is 3.59. The van der Waals surface area contributed by atoms with Crippen LogP contribution in [0.4, 0.5) is 0 Å². The minimum atomic E-state index is -2.51. The Kier molecular flexibility index (Phi) is 11.6. The molecule has 268 valence electrons. The molecule has 4 aromatic carbocycles. The molecule has 1 saturated heterocycles. The molecule has 0 bridgehead atoms. The van der Waals surface area contributed by atoms with Gasteiger partial charge in [-0.15, -0.1) is 0 Å². The van der Waals surface area contributed by atoms with Crippen LogP contribution in [0.2, 0.25) is 9.45 Å². The molecule has 2 unspecified atom stereocenters. The van der Waals surface area contributed by atoms with Crippen LogP contribution in [0.15, 0.2) is 96.1 Å². The minimum Gasteiger partial charge on any atom is -1.00 e. The number of benzene rings is 4. The Morgan fingerprint density at radius 3 is 1.18 bits per heavy atom. The number of fused-ring (bicyclic) bond motifs is 2. The summed E-state index contributed by atoms with van der Waals surface area (Å²) < 4.78 is 4.25. The number of halogens is 2. The van der Waals surface area contributed by atoms with Gasteiger partial charge in [0, 0.05) is 0 Å². The van der Waals surface area contributed by atoms with Gasteiger partial charge < -0.3 is 24.8 Å². The standard InChI is InChI=1S/2C23H27.C2H4.2ClH.Ti/c2*1-16(2)13-17-14-19-7-6-8-21(22(19)15-17)18-9-11-20(12-10-18)23(3,4)5;1-2;;;/h2*6-12,14-16H,13H2,1-5H3;1-2H2;2*1H;/q;;;;;+2/p-2. The van der Waals surface area contributed by atoms with Gasteiger partial charge in [0.25, 0.3) is 0 Å². The van der Waals surface area contributed by atoms with Gasteiger partial charge in [-0.3, -0.25) is 0 Å². The fraction of sp³-hybridized carbons (Fsp3) is 0.417. The van der Waals surface area contributed by atoms with E-state index in [-0.39, 0.29) is 35.6 Å². The molecule has 1 aliphatic heterocycles. The van der Waals surface area contributed by atoms with Crippen molar-refractivity contribution in [1.82, 2.24) is 0 Å². The van der Waals surface area contributed by atoms with Crippen molar-refractivity contribution in [3.8, 4) is 22.3 Å². The van der Waals surface area contributed by atoms with E-state index in [0.717, 1.165) is 0 Å². The molecule has 0 spiro atoms. The van der Waals surface area contributed by atoms with Crippen molar-refractivity contribution < 1.29 is 41.4 Å². The average molecular weight is 754 g/mol. The molecule has 51 heavy (non-hydrogen) atoms. The fourth-order valence-corrected chi connectivity index (χ4v) is 19.6. The number of hydrogen-bond donors (Lipinski definition) is 0. The Labute approximate surface area is 325 Å². The molecule has 1 fully saturated rings. The van der Waals surface area contributed by atoms with Crippen molar-refractivity contribution in [2.24, 2.45) is 11.8 Å². The zero-order valence-electron chi connectivity index (χ0n) is 32.6. The van der Waals surface area contributed by atoms with E-state index in [4.69, 9.17) is 0 Å². The van der Waals surface area contributed by atoms with E-state index in [1.165, 1.54) is 66.8 Å². The third-order valence-corrected chi connectivity index (χ3v) is 20.0. The van der Waals surface area contributed by atoms with Crippen molar-refractivity contribution in [2.75, 3.05) is 0 Å². The molecule has 0 nitrogen and oxygen atoms in total. The third-order valence-electron chi connectivity index (χ3n) is 11.7. The molecule has 4 aromatic rings. The van der Waals surface area contributed by atoms with Crippen LogP contribution in [0.25, 0.3) is 34.4 Å². The molecule has 2 atom stereocenters. The molecule has 0 N–H and O–H groups in total. The van der Waals surface area contributed by atoms with E-state index in [0.29, 0.717) is 20.3 Å². The summed E-state index contributed by atoms with van der Waals surface area (Å²) in [6.45, 7) is 23.5. The Morgan fingerprint density at radius 2 is 0.882 bits per heavy atom. The molecule has 7 rings (SSSR count). The van der Waals surface area contributed by atoms with Crippen molar-refractivity contribution in [3.05, 3.63) is 129 Å². The monoisotopic (exact) mass is 752 g/mol. The van der Waals surface area contributed by atoms with Gasteiger partial charge in [-0.1, -0.05) is 0 Å². The maximum atomic E-state index is 2.67. The number of allylic oxidation sites excluding steroid dienone is 2. The summed E-state index contributed by atoms with van der Waals surface area (Å²) in [7, 11) is 0. The predicted molar refractivity (Wildman–Crippen MR) is 211 cm³/mol. The van der Waals surface area contributed by atoms with Crippen LogP contribution in [0, 0.1) is 11.8 Å². The minimum absolute atomic E-state index is 0. The first-order valence-corrected chi connectivity index (χ1v) is 23.1. The Bertz CT molecular complexity index is 1780. The van der Waals surface area contributed by atoms with Gasteiger partial charge in [0.2, 0.25) is 0 Å². The van der Waals surface area contributed by atoms with Crippen LogP contribution >= 0.6 is 0 Å². The molecule has 0 radical (unpaired) electrons. The SMILES string of the molecule is CC(C)CC1=Cc2c(-c3ccc(C(C)(C)C)cc3)cccc2[CH]1[Ti+2]1([CH]2C(CC(C)C)=Cc3c(-c4ccc(C(C)(C)C)cc4)cccc32)[CH2][CH2]1.[Cl-].[Cl-]. The van der Waals surface area contributed by atoms with Crippen LogP contribution in [0.3, 0.4) is 0 Å². The summed E-state index contributed by atoms with van der Waals surface area (Å²) in [6, 6.07) is 33.5. The van der Waals surface area contributed by atoms with E-state index in [1.54, 1.807) is 22.3 Å². The maximum absolute atomic E-state index is 2.67. The van der Waals surface area contributed by atoms with E-state index in [2.05, 4.69) is 166 Å². The first-order chi connectivity index (χ1) is 23.2. The van der Waals surface area contributed by atoms with Crippen molar-refractivity contribution in [3.63, 3.8) is 0 Å². The first-order valence-electron chi connectivity index (χ1n) is 19.1. The summed E-state index contributed by atoms with van der Waals surface area (Å²) in [6.07, 6.45) is 7.76. The molecule has 0 amide bonds. The van der Waals surface area contributed by atoms with Crippen LogP contribution in [0.1, 0.15) is 124 Å². The summed E-state index contributed by atoms with van der Waals surface area (Å²) in [5, 5.41) is 0. The Morgan fingerprint density at radius 1 is 0.529 bits per heavy atom. The quantitative estimate of drug-likeness (QED) is 0.159. The molecule has 1 heterocycles. The van der Waals surface area contributed by atoms with E-state index in [9.17, 15) is 0 Å². The second kappa shape index (κ2) is 14.8. The maximum Gasteiger partial charge on any atom is -1.00 e. The predicted octanol–water partition coefficient (Wildman–Crippen LogP) is 8.30. The summed E-state index contributed by atoms with van der Waals surface area (Å²) >= 11 is -2.51. The summed E-state index contributed by atoms with van der Waals surface area (Å²) in [5.41, 5.74) is 18.5. The van der Waals surface area contributed by atoms with Crippen LogP contribution in [0.5, 0.6) is 0 Å². The van der Waals surface area contributed by atoms with Gasteiger partial charge in [-0.05, 0) is 0 Å². The van der Waals surface area contributed by atoms with Gasteiger partial charge in [-0.25, -0.2) is 0 Å². The van der Waals surface area contributed by atoms with E-state index < -0.39 is 16.6 Å². The molecular weight excluding hydrogens is 695 g/mol. The molecule has 0 saturated carbocycles. The zero-order valence-corrected chi connectivity index (χ0v) is 35.7. The van der Waals surface area contributed by atoms with Gasteiger partial charge in [0.05, 0.1) is 0 Å². The van der Waals surface area contributed by atoms with Gasteiger partial charge in [0.1, 0.15) is 0 Å². The van der Waals surface area contributed by atoms with Gasteiger partial charge in [-0.2, -0.15) is 0 Å². The normalized spacial score (nSPS) is 18.2. The third kappa shape index (κ3) is 7.56. The van der Waals surface area contributed by atoms with Crippen LogP contribution in [-0.2, 0) is 27.4 Å². The number of rotatable bonds is 8. The molecule has 3 heteroatoms.